The van der Waals surface area contributed by atoms with Crippen molar-refractivity contribution in [3.8, 4) is 0 Å². The Morgan fingerprint density at radius 2 is 0.735 bits per heavy atom. The molecule has 34 heavy (non-hydrogen) atoms. The van der Waals surface area contributed by atoms with E-state index in [-0.39, 0.29) is 0 Å². The highest BCUT2D eigenvalue weighted by Crippen LogP contribution is 2.32. The molecule has 3 rings (SSSR count). The van der Waals surface area contributed by atoms with Crippen LogP contribution in [0.2, 0.25) is 0 Å². The van der Waals surface area contributed by atoms with E-state index in [4.69, 9.17) is 0 Å². The second kappa shape index (κ2) is 19.8. The van der Waals surface area contributed by atoms with Gasteiger partial charge in [0, 0.05) is 5.33 Å². The minimum Gasteiger partial charge on any atom is -0.0928 e. The third kappa shape index (κ3) is 12.3. The minimum atomic E-state index is -0.446. The van der Waals surface area contributed by atoms with Crippen LogP contribution in [0.25, 0.3) is 0 Å². The van der Waals surface area contributed by atoms with Gasteiger partial charge in [-0.2, -0.15) is 0 Å². The molecule has 3 aromatic carbocycles. The molecule has 0 unspecified atom stereocenters. The van der Waals surface area contributed by atoms with E-state index < -0.39 is 7.92 Å². The highest BCUT2D eigenvalue weighted by atomic mass is 79.9. The van der Waals surface area contributed by atoms with Gasteiger partial charge < -0.3 is 0 Å². The average Bonchev–Trinajstić information content (AvgIpc) is 2.90. The summed E-state index contributed by atoms with van der Waals surface area (Å²) in [7, 11) is -0.446. The summed E-state index contributed by atoms with van der Waals surface area (Å²) < 4.78 is 0. The summed E-state index contributed by atoms with van der Waals surface area (Å²) in [4.78, 5) is 0. The molecule has 184 valence electrons. The molecule has 0 bridgehead atoms. The fourth-order valence-corrected chi connectivity index (χ4v) is 6.82. The third-order valence-electron chi connectivity index (χ3n) is 6.03. The second-order valence-corrected chi connectivity index (χ2v) is 11.9. The summed E-state index contributed by atoms with van der Waals surface area (Å²) in [5.41, 5.74) is 0. The third-order valence-corrected chi connectivity index (χ3v) is 9.03. The quantitative estimate of drug-likeness (QED) is 0.103. The lowest BCUT2D eigenvalue weighted by Crippen LogP contribution is -2.20. The number of alkyl halides is 1. The van der Waals surface area contributed by atoms with E-state index in [0.29, 0.717) is 0 Å². The van der Waals surface area contributed by atoms with Gasteiger partial charge in [0.05, 0.1) is 0 Å². The van der Waals surface area contributed by atoms with Crippen molar-refractivity contribution in [2.24, 2.45) is 0 Å². The topological polar surface area (TPSA) is 0 Å². The van der Waals surface area contributed by atoms with Crippen molar-refractivity contribution < 1.29 is 0 Å². The first-order valence-electron chi connectivity index (χ1n) is 13.4. The van der Waals surface area contributed by atoms with Gasteiger partial charge in [-0.1, -0.05) is 184 Å². The van der Waals surface area contributed by atoms with E-state index in [1.807, 2.05) is 0 Å². The summed E-state index contributed by atoms with van der Waals surface area (Å²) in [5, 5.41) is 5.38. The van der Waals surface area contributed by atoms with Gasteiger partial charge in [-0.25, -0.2) is 0 Å². The molecule has 0 radical (unpaired) electrons. The van der Waals surface area contributed by atoms with Crippen LogP contribution in [-0.2, 0) is 0 Å². The first-order valence-corrected chi connectivity index (χ1v) is 15.8. The van der Waals surface area contributed by atoms with Gasteiger partial charge in [-0.3, -0.25) is 0 Å². The zero-order valence-corrected chi connectivity index (χ0v) is 23.7. The van der Waals surface area contributed by atoms with Crippen molar-refractivity contribution in [1.29, 1.82) is 0 Å². The summed E-state index contributed by atoms with van der Waals surface area (Å²) in [6.45, 7) is 2.28. The molecule has 0 aliphatic rings. The first kappa shape index (κ1) is 28.8. The van der Waals surface area contributed by atoms with E-state index in [1.165, 1.54) is 98.3 Å². The SMILES string of the molecule is CCCCCCCCCCCCCCBr.c1ccc(P(c2ccccc2)c2ccccc2)cc1. The maximum atomic E-state index is 3.47. The lowest BCUT2D eigenvalue weighted by molar-refractivity contribution is 0.548. The number of hydrogen-bond acceptors (Lipinski definition) is 0. The zero-order valence-electron chi connectivity index (χ0n) is 21.2. The molecule has 0 atom stereocenters. The second-order valence-electron chi connectivity index (χ2n) is 8.92. The Balaban J connectivity index is 0.000000249. The van der Waals surface area contributed by atoms with Crippen LogP contribution >= 0.6 is 23.9 Å². The molecule has 0 amide bonds. The summed E-state index contributed by atoms with van der Waals surface area (Å²) in [5.74, 6) is 0. The van der Waals surface area contributed by atoms with Crippen molar-refractivity contribution in [2.45, 2.75) is 84.0 Å². The van der Waals surface area contributed by atoms with E-state index in [9.17, 15) is 0 Å². The molecule has 0 saturated carbocycles. The molecule has 0 heterocycles. The number of hydrogen-bond donors (Lipinski definition) is 0. The van der Waals surface area contributed by atoms with Crippen LogP contribution in [0.15, 0.2) is 91.0 Å². The number of halogens is 1. The molecule has 0 spiro atoms. The molecule has 0 nitrogen and oxygen atoms in total. The smallest absolute Gasteiger partial charge is 0.00313 e. The first-order chi connectivity index (χ1) is 16.9. The van der Waals surface area contributed by atoms with E-state index in [2.05, 4.69) is 114 Å². The number of unbranched alkanes of at least 4 members (excludes halogenated alkanes) is 11. The zero-order chi connectivity index (χ0) is 24.1. The maximum Gasteiger partial charge on any atom is 0.00313 e. The van der Waals surface area contributed by atoms with E-state index >= 15 is 0 Å². The van der Waals surface area contributed by atoms with Crippen molar-refractivity contribution in [3.05, 3.63) is 91.0 Å². The van der Waals surface area contributed by atoms with Crippen molar-refractivity contribution in [1.82, 2.24) is 0 Å². The minimum absolute atomic E-state index is 0.446. The summed E-state index contributed by atoms with van der Waals surface area (Å²) >= 11 is 3.47. The fourth-order valence-electron chi connectivity index (χ4n) is 4.11. The van der Waals surface area contributed by atoms with Crippen LogP contribution in [-0.4, -0.2) is 5.33 Å². The van der Waals surface area contributed by atoms with Gasteiger partial charge in [0.15, 0.2) is 0 Å². The Hall–Kier alpha value is -1.43. The molecule has 0 aromatic heterocycles. The predicted molar refractivity (Wildman–Crippen MR) is 160 cm³/mol. The molecule has 0 saturated heterocycles. The molecule has 0 fully saturated rings. The van der Waals surface area contributed by atoms with Crippen LogP contribution < -0.4 is 15.9 Å². The normalized spacial score (nSPS) is 10.7. The van der Waals surface area contributed by atoms with Gasteiger partial charge >= 0.3 is 0 Å². The molecule has 2 heteroatoms. The molecular formula is C32H44BrP. The lowest BCUT2D eigenvalue weighted by atomic mass is 10.1. The Morgan fingerprint density at radius 3 is 1.03 bits per heavy atom. The Kier molecular flexibility index (Phi) is 16.8. The summed E-state index contributed by atoms with van der Waals surface area (Å²) in [6.07, 6.45) is 17.3. The standard InChI is InChI=1S/C18H15P.C14H29Br/c1-4-10-16(11-5-1)19(17-12-6-2-7-13-17)18-14-8-3-9-15-18;1-2-3-4-5-6-7-8-9-10-11-12-13-14-15/h1-15H;2-14H2,1H3. The Morgan fingerprint density at radius 1 is 0.441 bits per heavy atom. The molecular weight excluding hydrogens is 495 g/mol. The molecule has 0 N–H and O–H groups in total. The molecule has 0 aliphatic carbocycles. The van der Waals surface area contributed by atoms with Crippen LogP contribution in [0.5, 0.6) is 0 Å². The van der Waals surface area contributed by atoms with Gasteiger partial charge in [-0.15, -0.1) is 0 Å². The van der Waals surface area contributed by atoms with Crippen molar-refractivity contribution in [3.63, 3.8) is 0 Å². The van der Waals surface area contributed by atoms with Crippen LogP contribution in [0.1, 0.15) is 84.0 Å². The number of rotatable bonds is 15. The lowest BCUT2D eigenvalue weighted by Gasteiger charge is -2.18. The maximum absolute atomic E-state index is 3.47. The van der Waals surface area contributed by atoms with Crippen LogP contribution in [0, 0.1) is 0 Å². The Bertz CT molecular complexity index is 713. The number of benzene rings is 3. The van der Waals surface area contributed by atoms with Crippen LogP contribution in [0.3, 0.4) is 0 Å². The van der Waals surface area contributed by atoms with Gasteiger partial charge in [0.25, 0.3) is 0 Å². The molecule has 3 aromatic rings. The van der Waals surface area contributed by atoms with Gasteiger partial charge in [-0.05, 0) is 30.3 Å². The average molecular weight is 540 g/mol. The predicted octanol–water partition coefficient (Wildman–Crippen LogP) is 9.53. The van der Waals surface area contributed by atoms with Gasteiger partial charge in [0.1, 0.15) is 0 Å². The highest BCUT2D eigenvalue weighted by molar-refractivity contribution is 9.09. The highest BCUT2D eigenvalue weighted by Gasteiger charge is 2.14. The largest absolute Gasteiger partial charge is 0.0928 e. The van der Waals surface area contributed by atoms with E-state index in [0.717, 1.165) is 0 Å². The van der Waals surface area contributed by atoms with Crippen molar-refractivity contribution in [2.75, 3.05) is 5.33 Å². The Labute approximate surface area is 219 Å². The van der Waals surface area contributed by atoms with E-state index in [1.54, 1.807) is 0 Å². The summed E-state index contributed by atoms with van der Waals surface area (Å²) in [6, 6.07) is 32.3. The van der Waals surface area contributed by atoms with Gasteiger partial charge in [0.2, 0.25) is 0 Å². The molecule has 0 aliphatic heterocycles. The monoisotopic (exact) mass is 538 g/mol. The van der Waals surface area contributed by atoms with Crippen LogP contribution in [0.4, 0.5) is 0 Å². The fraction of sp³-hybridized carbons (Fsp3) is 0.438. The van der Waals surface area contributed by atoms with Crippen molar-refractivity contribution >= 4 is 39.8 Å².